The maximum absolute atomic E-state index is 2.46. The summed E-state index contributed by atoms with van der Waals surface area (Å²) in [6.07, 6.45) is 0. The molecular weight excluding hydrogens is 669 g/mol. The van der Waals surface area contributed by atoms with Crippen LogP contribution in [0.4, 0.5) is 34.1 Å². The largest absolute Gasteiger partial charge is 0.309 e. The maximum atomic E-state index is 2.46. The van der Waals surface area contributed by atoms with Gasteiger partial charge in [-0.05, 0) is 95.1 Å². The number of benzene rings is 8. The minimum absolute atomic E-state index is 1.12. The lowest BCUT2D eigenvalue weighted by Gasteiger charge is -2.31. The van der Waals surface area contributed by atoms with Gasteiger partial charge in [-0.25, -0.2) is 0 Å². The van der Waals surface area contributed by atoms with Gasteiger partial charge in [0.15, 0.2) is 0 Å². The van der Waals surface area contributed by atoms with E-state index in [0.717, 1.165) is 22.7 Å². The molecule has 1 aliphatic heterocycles. The van der Waals surface area contributed by atoms with Crippen molar-refractivity contribution in [3.63, 3.8) is 0 Å². The van der Waals surface area contributed by atoms with Crippen LogP contribution in [0.25, 0.3) is 62.6 Å². The van der Waals surface area contributed by atoms with E-state index < -0.39 is 0 Å². The minimum atomic E-state index is 1.12. The molecule has 0 saturated carbocycles. The molecule has 0 radical (unpaired) electrons. The molecule has 0 unspecified atom stereocenters. The highest BCUT2D eigenvalue weighted by Crippen LogP contribution is 2.52. The predicted octanol–water partition coefficient (Wildman–Crippen LogP) is 15.0. The molecule has 0 saturated heterocycles. The Hall–Kier alpha value is -6.20. The summed E-state index contributed by atoms with van der Waals surface area (Å²) < 4.78 is 5.20. The SMILES string of the molecule is c1ccc(-c2ccc(N3c4cc(-c5ccc6sc7ccccc7c6c5)cc(c4)N(c4ccccc4)c4cccc5c4sc4c3cccc45)cc2)cc1. The van der Waals surface area contributed by atoms with Crippen LogP contribution in [0.15, 0.2) is 182 Å². The molecule has 3 heterocycles. The fourth-order valence-electron chi connectivity index (χ4n) is 7.93. The van der Waals surface area contributed by atoms with Gasteiger partial charge < -0.3 is 9.80 Å². The lowest BCUT2D eigenvalue weighted by atomic mass is 10.00. The van der Waals surface area contributed by atoms with Gasteiger partial charge >= 0.3 is 0 Å². The van der Waals surface area contributed by atoms with Gasteiger partial charge in [-0.3, -0.25) is 0 Å². The van der Waals surface area contributed by atoms with Crippen molar-refractivity contribution in [1.29, 1.82) is 0 Å². The molecule has 0 aliphatic carbocycles. The van der Waals surface area contributed by atoms with Crippen LogP contribution < -0.4 is 9.80 Å². The summed E-state index contributed by atoms with van der Waals surface area (Å²) in [5.74, 6) is 0. The minimum Gasteiger partial charge on any atom is -0.309 e. The Labute approximate surface area is 309 Å². The summed E-state index contributed by atoms with van der Waals surface area (Å²) in [5.41, 5.74) is 11.7. The standard InChI is InChI=1S/C48H30N2S2/c1-3-11-31(12-4-1)32-21-24-36(25-22-32)50-38-28-34(33-23-26-46-42(29-33)39-15-7-8-20-45(39)51-46)27-37(30-38)49(35-13-5-2-6-14-35)43-18-9-16-40-41-17-10-19-44(50)48(41)52-47(40)43/h1-30H. The fraction of sp³-hybridized carbons (Fsp3) is 0. The number of anilines is 6. The number of hydrogen-bond acceptors (Lipinski definition) is 4. The Balaban J connectivity index is 1.22. The average Bonchev–Trinajstić information content (AvgIpc) is 3.78. The lowest BCUT2D eigenvalue weighted by molar-refractivity contribution is 1.27. The lowest BCUT2D eigenvalue weighted by Crippen LogP contribution is -2.14. The topological polar surface area (TPSA) is 6.48 Å². The molecule has 0 fully saturated rings. The molecule has 0 amide bonds. The first-order chi connectivity index (χ1) is 25.8. The van der Waals surface area contributed by atoms with Crippen LogP contribution in [0.2, 0.25) is 0 Å². The summed E-state index contributed by atoms with van der Waals surface area (Å²) in [5, 5.41) is 5.18. The van der Waals surface area contributed by atoms with Crippen LogP contribution in [-0.2, 0) is 0 Å². The highest BCUT2D eigenvalue weighted by molar-refractivity contribution is 7.27. The Morgan fingerprint density at radius 2 is 0.827 bits per heavy atom. The second-order valence-corrected chi connectivity index (χ2v) is 15.5. The van der Waals surface area contributed by atoms with E-state index >= 15 is 0 Å². The molecule has 0 spiro atoms. The number of nitrogens with zero attached hydrogens (tertiary/aromatic N) is 2. The molecule has 244 valence electrons. The third-order valence-electron chi connectivity index (χ3n) is 10.3. The Kier molecular flexibility index (Phi) is 6.63. The van der Waals surface area contributed by atoms with Crippen molar-refractivity contribution in [1.82, 2.24) is 0 Å². The van der Waals surface area contributed by atoms with E-state index in [1.165, 1.54) is 74.0 Å². The highest BCUT2D eigenvalue weighted by atomic mass is 32.1. The summed E-state index contributed by atoms with van der Waals surface area (Å²) in [6.45, 7) is 0. The fourth-order valence-corrected chi connectivity index (χ4v) is 10.3. The second kappa shape index (κ2) is 11.7. The molecule has 11 rings (SSSR count). The molecule has 4 heteroatoms. The van der Waals surface area contributed by atoms with E-state index in [1.807, 2.05) is 22.7 Å². The molecule has 1 aliphatic rings. The number of hydrogen-bond donors (Lipinski definition) is 0. The number of fused-ring (bicyclic) bond motifs is 6. The van der Waals surface area contributed by atoms with Crippen LogP contribution in [0.5, 0.6) is 0 Å². The number of para-hydroxylation sites is 1. The first-order valence-corrected chi connectivity index (χ1v) is 19.2. The predicted molar refractivity (Wildman–Crippen MR) is 226 cm³/mol. The molecule has 10 aromatic rings. The van der Waals surface area contributed by atoms with Gasteiger partial charge in [0.1, 0.15) is 0 Å². The number of rotatable bonds is 4. The van der Waals surface area contributed by atoms with Crippen molar-refractivity contribution >= 4 is 97.1 Å². The Bertz CT molecular complexity index is 2960. The average molecular weight is 699 g/mol. The van der Waals surface area contributed by atoms with Gasteiger partial charge in [0.05, 0.1) is 20.8 Å². The maximum Gasteiger partial charge on any atom is 0.0640 e. The Morgan fingerprint density at radius 1 is 0.288 bits per heavy atom. The summed E-state index contributed by atoms with van der Waals surface area (Å²) in [4.78, 5) is 4.91. The summed E-state index contributed by atoms with van der Waals surface area (Å²) >= 11 is 3.76. The summed E-state index contributed by atoms with van der Waals surface area (Å²) in [6, 6.07) is 66.9. The molecular formula is C48H30N2S2. The van der Waals surface area contributed by atoms with Gasteiger partial charge in [0.25, 0.3) is 0 Å². The first kappa shape index (κ1) is 29.5. The second-order valence-electron chi connectivity index (χ2n) is 13.4. The van der Waals surface area contributed by atoms with Crippen molar-refractivity contribution in [2.24, 2.45) is 0 Å². The van der Waals surface area contributed by atoms with Gasteiger partial charge in [-0.2, -0.15) is 0 Å². The molecule has 8 aromatic carbocycles. The molecule has 4 bridgehead atoms. The smallest absolute Gasteiger partial charge is 0.0640 e. The zero-order chi connectivity index (χ0) is 34.2. The van der Waals surface area contributed by atoms with Crippen molar-refractivity contribution < 1.29 is 0 Å². The van der Waals surface area contributed by atoms with Crippen LogP contribution in [0.1, 0.15) is 0 Å². The molecule has 2 nitrogen and oxygen atoms in total. The Morgan fingerprint density at radius 3 is 1.52 bits per heavy atom. The molecule has 0 N–H and O–H groups in total. The van der Waals surface area contributed by atoms with Crippen LogP contribution in [0.3, 0.4) is 0 Å². The van der Waals surface area contributed by atoms with Gasteiger partial charge in [0, 0.05) is 53.7 Å². The van der Waals surface area contributed by atoms with Gasteiger partial charge in [0.2, 0.25) is 0 Å². The third-order valence-corrected chi connectivity index (χ3v) is 12.8. The quantitative estimate of drug-likeness (QED) is 0.181. The molecule has 2 aromatic heterocycles. The van der Waals surface area contributed by atoms with E-state index in [9.17, 15) is 0 Å². The number of thiophene rings is 2. The van der Waals surface area contributed by atoms with Crippen molar-refractivity contribution in [2.75, 3.05) is 9.80 Å². The zero-order valence-electron chi connectivity index (χ0n) is 28.0. The molecule has 52 heavy (non-hydrogen) atoms. The van der Waals surface area contributed by atoms with Crippen molar-refractivity contribution in [2.45, 2.75) is 0 Å². The normalized spacial score (nSPS) is 12.5. The van der Waals surface area contributed by atoms with E-state index in [1.54, 1.807) is 0 Å². The highest BCUT2D eigenvalue weighted by Gasteiger charge is 2.25. The molecule has 0 atom stereocenters. The first-order valence-electron chi connectivity index (χ1n) is 17.6. The van der Waals surface area contributed by atoms with Crippen LogP contribution in [-0.4, -0.2) is 0 Å². The monoisotopic (exact) mass is 698 g/mol. The van der Waals surface area contributed by atoms with Crippen molar-refractivity contribution in [3.8, 4) is 22.3 Å². The van der Waals surface area contributed by atoms with Crippen LogP contribution >= 0.6 is 22.7 Å². The van der Waals surface area contributed by atoms with E-state index in [2.05, 4.69) is 192 Å². The van der Waals surface area contributed by atoms with Gasteiger partial charge in [-0.15, -0.1) is 22.7 Å². The van der Waals surface area contributed by atoms with Crippen LogP contribution in [0, 0.1) is 0 Å². The van der Waals surface area contributed by atoms with Crippen molar-refractivity contribution in [3.05, 3.63) is 182 Å². The van der Waals surface area contributed by atoms with Gasteiger partial charge in [-0.1, -0.05) is 109 Å². The van der Waals surface area contributed by atoms with E-state index in [0.29, 0.717) is 0 Å². The zero-order valence-corrected chi connectivity index (χ0v) is 29.7. The summed E-state index contributed by atoms with van der Waals surface area (Å²) in [7, 11) is 0. The van der Waals surface area contributed by atoms with E-state index in [4.69, 9.17) is 0 Å². The van der Waals surface area contributed by atoms with E-state index in [-0.39, 0.29) is 0 Å². The third kappa shape index (κ3) is 4.62.